The predicted molar refractivity (Wildman–Crippen MR) is 134 cm³/mol. The van der Waals surface area contributed by atoms with Crippen molar-refractivity contribution in [2.24, 2.45) is 11.5 Å². The van der Waals surface area contributed by atoms with Crippen molar-refractivity contribution in [3.63, 3.8) is 0 Å². The third kappa shape index (κ3) is 5.60. The van der Waals surface area contributed by atoms with E-state index in [0.717, 1.165) is 4.31 Å². The number of sulfonamides is 1. The number of hydrogen-bond donors (Lipinski definition) is 4. The molecule has 6 N–H and O–H groups in total. The number of para-hydroxylation sites is 2. The van der Waals surface area contributed by atoms with Crippen molar-refractivity contribution in [2.75, 3.05) is 9.62 Å². The van der Waals surface area contributed by atoms with Gasteiger partial charge in [0.05, 0.1) is 22.7 Å². The molecular formula is C23H26ClN5O6S. The highest BCUT2D eigenvalue weighted by Gasteiger charge is 2.42. The van der Waals surface area contributed by atoms with E-state index >= 15 is 0 Å². The molecule has 13 heteroatoms. The molecule has 192 valence electrons. The lowest BCUT2D eigenvalue weighted by molar-refractivity contribution is -0.129. The highest BCUT2D eigenvalue weighted by Crippen LogP contribution is 2.38. The first-order chi connectivity index (χ1) is 16.8. The molecule has 1 aliphatic rings. The number of benzene rings is 2. The maximum Gasteiger partial charge on any atom is 0.265 e. The summed E-state index contributed by atoms with van der Waals surface area (Å²) in [5, 5.41) is 5.37. The van der Waals surface area contributed by atoms with Crippen molar-refractivity contribution in [3.8, 4) is 0 Å². The van der Waals surface area contributed by atoms with Crippen LogP contribution >= 0.6 is 11.6 Å². The Morgan fingerprint density at radius 1 is 1.14 bits per heavy atom. The number of rotatable bonds is 9. The summed E-state index contributed by atoms with van der Waals surface area (Å²) in [6.45, 7) is 3.23. The van der Waals surface area contributed by atoms with Crippen LogP contribution in [0, 0.1) is 13.8 Å². The van der Waals surface area contributed by atoms with Crippen LogP contribution in [0.15, 0.2) is 41.3 Å². The van der Waals surface area contributed by atoms with Gasteiger partial charge < -0.3 is 22.1 Å². The number of primary amides is 2. The molecule has 2 aromatic carbocycles. The van der Waals surface area contributed by atoms with E-state index in [1.165, 1.54) is 18.2 Å². The zero-order valence-electron chi connectivity index (χ0n) is 19.6. The van der Waals surface area contributed by atoms with E-state index in [2.05, 4.69) is 10.6 Å². The summed E-state index contributed by atoms with van der Waals surface area (Å²) in [6, 6.07) is 6.49. The molecule has 2 aromatic rings. The predicted octanol–water partition coefficient (Wildman–Crippen LogP) is 1.10. The Kier molecular flexibility index (Phi) is 7.89. The van der Waals surface area contributed by atoms with Crippen LogP contribution in [0.4, 0.5) is 11.4 Å². The standard InChI is InChI=1S/C23H26ClN5O6S/c1-12-10-19(13(2)9-14(12)24)36(34,35)29-17-6-4-3-5-15(17)28-23(33)18(29)11-21(31)27-16(22(26)32)7-8-20(25)30/h3-6,9-10,16,18H,7-8,11H2,1-2H3,(H2,25,30)(H2,26,32)(H,27,31)(H,28,33). The third-order valence-electron chi connectivity index (χ3n) is 5.71. The Bertz CT molecular complexity index is 1350. The summed E-state index contributed by atoms with van der Waals surface area (Å²) in [5.41, 5.74) is 11.7. The Morgan fingerprint density at radius 3 is 2.44 bits per heavy atom. The van der Waals surface area contributed by atoms with Gasteiger partial charge in [0, 0.05) is 11.4 Å². The molecule has 2 unspecified atom stereocenters. The van der Waals surface area contributed by atoms with Gasteiger partial charge in [0.15, 0.2) is 0 Å². The second kappa shape index (κ2) is 10.5. The van der Waals surface area contributed by atoms with Gasteiger partial charge in [0.25, 0.3) is 10.0 Å². The molecule has 0 spiro atoms. The summed E-state index contributed by atoms with van der Waals surface area (Å²) in [4.78, 5) is 48.6. The summed E-state index contributed by atoms with van der Waals surface area (Å²) in [5.74, 6) is -3.14. The third-order valence-corrected chi connectivity index (χ3v) is 8.09. The lowest BCUT2D eigenvalue weighted by Crippen LogP contribution is -2.54. The van der Waals surface area contributed by atoms with Crippen LogP contribution in [0.2, 0.25) is 5.02 Å². The second-order valence-electron chi connectivity index (χ2n) is 8.42. The van der Waals surface area contributed by atoms with Gasteiger partial charge in [-0.2, -0.15) is 0 Å². The Labute approximate surface area is 213 Å². The molecule has 0 aliphatic carbocycles. The van der Waals surface area contributed by atoms with E-state index in [1.54, 1.807) is 32.0 Å². The number of nitrogens with one attached hydrogen (secondary N) is 2. The average molecular weight is 536 g/mol. The van der Waals surface area contributed by atoms with Gasteiger partial charge in [0.2, 0.25) is 23.6 Å². The Hall–Kier alpha value is -3.64. The van der Waals surface area contributed by atoms with Crippen molar-refractivity contribution in [3.05, 3.63) is 52.5 Å². The molecule has 36 heavy (non-hydrogen) atoms. The zero-order valence-corrected chi connectivity index (χ0v) is 21.2. The molecule has 0 saturated heterocycles. The average Bonchev–Trinajstić information content (AvgIpc) is 2.78. The molecule has 0 aromatic heterocycles. The first-order valence-electron chi connectivity index (χ1n) is 10.9. The first-order valence-corrected chi connectivity index (χ1v) is 12.7. The van der Waals surface area contributed by atoms with Gasteiger partial charge in [-0.1, -0.05) is 23.7 Å². The fraction of sp³-hybridized carbons (Fsp3) is 0.304. The van der Waals surface area contributed by atoms with Crippen LogP contribution in [-0.2, 0) is 29.2 Å². The van der Waals surface area contributed by atoms with Crippen LogP contribution in [-0.4, -0.2) is 44.1 Å². The van der Waals surface area contributed by atoms with E-state index in [-0.39, 0.29) is 29.1 Å². The number of nitrogens with zero attached hydrogens (tertiary/aromatic N) is 1. The lowest BCUT2D eigenvalue weighted by Gasteiger charge is -2.37. The number of fused-ring (bicyclic) bond motifs is 1. The number of nitrogens with two attached hydrogens (primary N) is 2. The zero-order chi connectivity index (χ0) is 26.8. The van der Waals surface area contributed by atoms with E-state index in [9.17, 15) is 27.6 Å². The summed E-state index contributed by atoms with van der Waals surface area (Å²) >= 11 is 6.15. The molecule has 11 nitrogen and oxygen atoms in total. The molecule has 3 rings (SSSR count). The molecule has 4 amide bonds. The van der Waals surface area contributed by atoms with Gasteiger partial charge in [0.1, 0.15) is 12.1 Å². The topological polar surface area (TPSA) is 182 Å². The molecule has 1 heterocycles. The minimum atomic E-state index is -4.36. The van der Waals surface area contributed by atoms with Gasteiger partial charge in [-0.25, -0.2) is 8.42 Å². The van der Waals surface area contributed by atoms with Crippen LogP contribution in [0.5, 0.6) is 0 Å². The summed E-state index contributed by atoms with van der Waals surface area (Å²) < 4.78 is 28.8. The highest BCUT2D eigenvalue weighted by atomic mass is 35.5. The number of aryl methyl sites for hydroxylation is 2. The lowest BCUT2D eigenvalue weighted by atomic mass is 10.1. The quantitative estimate of drug-likeness (QED) is 0.372. The van der Waals surface area contributed by atoms with Crippen molar-refractivity contribution in [1.82, 2.24) is 5.32 Å². The SMILES string of the molecule is Cc1cc(S(=O)(=O)N2c3ccccc3NC(=O)C2CC(=O)NC(CCC(N)=O)C(N)=O)c(C)cc1Cl. The first kappa shape index (κ1) is 27.0. The number of anilines is 2. The minimum absolute atomic E-state index is 0.0734. The number of halogens is 1. The smallest absolute Gasteiger partial charge is 0.265 e. The van der Waals surface area contributed by atoms with Gasteiger partial charge in [-0.05, 0) is 55.7 Å². The number of carbonyl (C=O) groups is 4. The van der Waals surface area contributed by atoms with Crippen LogP contribution in [0.3, 0.4) is 0 Å². The molecule has 0 radical (unpaired) electrons. The molecule has 0 bridgehead atoms. The minimum Gasteiger partial charge on any atom is -0.370 e. The van der Waals surface area contributed by atoms with E-state index in [0.29, 0.717) is 16.1 Å². The van der Waals surface area contributed by atoms with Crippen LogP contribution < -0.4 is 26.4 Å². The van der Waals surface area contributed by atoms with Gasteiger partial charge in [-0.15, -0.1) is 0 Å². The Balaban J connectivity index is 2.02. The normalized spacial score (nSPS) is 16.0. The Morgan fingerprint density at radius 2 is 1.81 bits per heavy atom. The second-order valence-corrected chi connectivity index (χ2v) is 10.6. The molecule has 0 fully saturated rings. The molecule has 0 saturated carbocycles. The van der Waals surface area contributed by atoms with Crippen molar-refractivity contribution < 1.29 is 27.6 Å². The monoisotopic (exact) mass is 535 g/mol. The maximum atomic E-state index is 13.9. The van der Waals surface area contributed by atoms with Gasteiger partial charge >= 0.3 is 0 Å². The van der Waals surface area contributed by atoms with E-state index in [4.69, 9.17) is 23.1 Å². The number of hydrogen-bond acceptors (Lipinski definition) is 6. The largest absolute Gasteiger partial charge is 0.370 e. The molecular weight excluding hydrogens is 510 g/mol. The maximum absolute atomic E-state index is 13.9. The number of carbonyl (C=O) groups excluding carboxylic acids is 4. The van der Waals surface area contributed by atoms with Crippen molar-refractivity contribution >= 4 is 56.6 Å². The van der Waals surface area contributed by atoms with Crippen molar-refractivity contribution in [2.45, 2.75) is 50.1 Å². The summed E-state index contributed by atoms with van der Waals surface area (Å²) in [6.07, 6.45) is -0.965. The van der Waals surface area contributed by atoms with Crippen LogP contribution in [0.1, 0.15) is 30.4 Å². The fourth-order valence-electron chi connectivity index (χ4n) is 3.87. The fourth-order valence-corrected chi connectivity index (χ4v) is 6.02. The van der Waals surface area contributed by atoms with Crippen molar-refractivity contribution in [1.29, 1.82) is 0 Å². The number of amides is 4. The van der Waals surface area contributed by atoms with Gasteiger partial charge in [-0.3, -0.25) is 23.5 Å². The molecule has 1 aliphatic heterocycles. The van der Waals surface area contributed by atoms with E-state index in [1.807, 2.05) is 0 Å². The van der Waals surface area contributed by atoms with E-state index < -0.39 is 52.2 Å². The highest BCUT2D eigenvalue weighted by molar-refractivity contribution is 7.93. The molecule has 2 atom stereocenters. The summed E-state index contributed by atoms with van der Waals surface area (Å²) in [7, 11) is -4.36. The van der Waals surface area contributed by atoms with Crippen LogP contribution in [0.25, 0.3) is 0 Å².